The molecular formula is C9H20Si. The van der Waals surface area contributed by atoms with Crippen LogP contribution in [0.25, 0.3) is 0 Å². The largest absolute Gasteiger partial charge is 0.0848 e. The second-order valence-electron chi connectivity index (χ2n) is 3.45. The van der Waals surface area contributed by atoms with E-state index in [0.717, 1.165) is 12.5 Å². The summed E-state index contributed by atoms with van der Waals surface area (Å²) < 4.78 is 0. The van der Waals surface area contributed by atoms with Gasteiger partial charge in [0, 0.05) is 8.07 Å². The Bertz CT molecular complexity index is 69.3. The van der Waals surface area contributed by atoms with Crippen LogP contribution in [0.2, 0.25) is 25.7 Å². The zero-order chi connectivity index (χ0) is 8.62. The van der Waals surface area contributed by atoms with Gasteiger partial charge in [-0.2, -0.15) is 0 Å². The highest BCUT2D eigenvalue weighted by Gasteiger charge is 2.06. The summed E-state index contributed by atoms with van der Waals surface area (Å²) in [5.41, 5.74) is 0. The summed E-state index contributed by atoms with van der Waals surface area (Å²) in [7, 11) is -0.742. The lowest BCUT2D eigenvalue weighted by Crippen LogP contribution is -2.16. The van der Waals surface area contributed by atoms with Gasteiger partial charge in [-0.1, -0.05) is 52.2 Å². The average Bonchev–Trinajstić information content (AvgIpc) is 1.87. The van der Waals surface area contributed by atoms with E-state index in [1.54, 1.807) is 6.08 Å². The van der Waals surface area contributed by atoms with E-state index in [1.165, 1.54) is 0 Å². The molecular weight excluding hydrogens is 136 g/mol. The summed E-state index contributed by atoms with van der Waals surface area (Å²) in [6.45, 7) is 17.7. The van der Waals surface area contributed by atoms with Gasteiger partial charge in [-0.15, -0.1) is 0 Å². The van der Waals surface area contributed by atoms with Crippen molar-refractivity contribution in [3.63, 3.8) is 0 Å². The third-order valence-corrected chi connectivity index (χ3v) is 2.49. The van der Waals surface area contributed by atoms with E-state index in [4.69, 9.17) is 6.58 Å². The maximum Gasteiger partial charge on any atom is 0.0442 e. The van der Waals surface area contributed by atoms with E-state index in [1.807, 2.05) is 6.92 Å². The Morgan fingerprint density at radius 3 is 1.60 bits per heavy atom. The molecule has 0 unspecified atom stereocenters. The first-order valence-electron chi connectivity index (χ1n) is 3.80. The molecule has 0 fully saturated rings. The molecule has 0 saturated heterocycles. The van der Waals surface area contributed by atoms with E-state index in [-0.39, 0.29) is 0 Å². The van der Waals surface area contributed by atoms with Gasteiger partial charge in [-0.05, 0) is 6.42 Å². The predicted octanol–water partition coefficient (Wildman–Crippen LogP) is 3.54. The molecule has 0 rings (SSSR count). The standard InChI is InChI=1S/C5H13Si.C4H7/c1-5-6(2,3)4;1-3-4-2/h1,5H2,2-4H3;1,3H,4H2,2H3. The molecule has 0 aromatic carbocycles. The third-order valence-electron chi connectivity index (χ3n) is 0.986. The van der Waals surface area contributed by atoms with Crippen molar-refractivity contribution in [2.45, 2.75) is 39.0 Å². The van der Waals surface area contributed by atoms with Crippen molar-refractivity contribution in [3.05, 3.63) is 19.6 Å². The molecule has 0 aliphatic carbocycles. The normalized spacial score (nSPS) is 9.70. The molecule has 0 spiro atoms. The maximum absolute atomic E-state index is 4.90. The minimum absolute atomic E-state index is 0.742. The Balaban J connectivity index is 0. The molecule has 0 aromatic heterocycles. The molecule has 60 valence electrons. The SMILES string of the molecule is [CH2]C[Si](C)(C)C.[CH]=CCC. The molecule has 1 heteroatoms. The van der Waals surface area contributed by atoms with E-state index in [2.05, 4.69) is 26.6 Å². The molecule has 0 aliphatic rings. The first-order valence-corrected chi connectivity index (χ1v) is 7.51. The van der Waals surface area contributed by atoms with Crippen molar-refractivity contribution in [1.29, 1.82) is 0 Å². The monoisotopic (exact) mass is 156 g/mol. The first kappa shape index (κ1) is 12.6. The minimum atomic E-state index is -0.742. The lowest BCUT2D eigenvalue weighted by molar-refractivity contribution is 1.23. The molecule has 0 atom stereocenters. The number of hydrogen-bond acceptors (Lipinski definition) is 0. The van der Waals surface area contributed by atoms with Gasteiger partial charge in [0.1, 0.15) is 0 Å². The summed E-state index contributed by atoms with van der Waals surface area (Å²) in [6.07, 6.45) is 2.60. The van der Waals surface area contributed by atoms with Gasteiger partial charge in [0.2, 0.25) is 0 Å². The molecule has 0 N–H and O–H groups in total. The lowest BCUT2D eigenvalue weighted by Gasteiger charge is -2.09. The Morgan fingerprint density at radius 2 is 1.60 bits per heavy atom. The van der Waals surface area contributed by atoms with Crippen LogP contribution in [0.3, 0.4) is 0 Å². The fraction of sp³-hybridized carbons (Fsp3) is 0.667. The van der Waals surface area contributed by atoms with E-state index in [0.29, 0.717) is 0 Å². The molecule has 0 aromatic rings. The summed E-state index contributed by atoms with van der Waals surface area (Å²) in [5.74, 6) is 0. The maximum atomic E-state index is 4.90. The van der Waals surface area contributed by atoms with Gasteiger partial charge in [-0.3, -0.25) is 0 Å². The summed E-state index contributed by atoms with van der Waals surface area (Å²) in [6, 6.07) is 1.16. The van der Waals surface area contributed by atoms with Crippen molar-refractivity contribution < 1.29 is 0 Å². The third kappa shape index (κ3) is 24.6. The Kier molecular flexibility index (Phi) is 8.92. The molecule has 10 heavy (non-hydrogen) atoms. The number of hydrogen-bond donors (Lipinski definition) is 0. The van der Waals surface area contributed by atoms with Crippen molar-refractivity contribution in [2.24, 2.45) is 0 Å². The Morgan fingerprint density at radius 1 is 1.40 bits per heavy atom. The van der Waals surface area contributed by atoms with Crippen LogP contribution in [0, 0.1) is 13.5 Å². The topological polar surface area (TPSA) is 0 Å². The molecule has 0 heterocycles. The van der Waals surface area contributed by atoms with Crippen molar-refractivity contribution in [1.82, 2.24) is 0 Å². The smallest absolute Gasteiger partial charge is 0.0442 e. The van der Waals surface area contributed by atoms with Crippen LogP contribution in [0.5, 0.6) is 0 Å². The molecule has 0 bridgehead atoms. The van der Waals surface area contributed by atoms with E-state index < -0.39 is 8.07 Å². The van der Waals surface area contributed by atoms with Crippen molar-refractivity contribution in [2.75, 3.05) is 0 Å². The van der Waals surface area contributed by atoms with Gasteiger partial charge >= 0.3 is 0 Å². The average molecular weight is 156 g/mol. The molecule has 0 saturated carbocycles. The molecule has 0 amide bonds. The van der Waals surface area contributed by atoms with E-state index in [9.17, 15) is 0 Å². The van der Waals surface area contributed by atoms with Gasteiger partial charge in [0.25, 0.3) is 0 Å². The van der Waals surface area contributed by atoms with Crippen LogP contribution in [0.1, 0.15) is 13.3 Å². The van der Waals surface area contributed by atoms with Gasteiger partial charge in [0.05, 0.1) is 0 Å². The number of allylic oxidation sites excluding steroid dienone is 1. The summed E-state index contributed by atoms with van der Waals surface area (Å²) in [5, 5.41) is 0. The van der Waals surface area contributed by atoms with Crippen LogP contribution >= 0.6 is 0 Å². The highest BCUT2D eigenvalue weighted by atomic mass is 28.3. The van der Waals surface area contributed by atoms with Crippen molar-refractivity contribution >= 4 is 8.07 Å². The quantitative estimate of drug-likeness (QED) is 0.536. The Hall–Kier alpha value is -0.0431. The number of rotatable bonds is 2. The zero-order valence-corrected chi connectivity index (χ0v) is 8.78. The van der Waals surface area contributed by atoms with Crippen LogP contribution in [-0.2, 0) is 0 Å². The second kappa shape index (κ2) is 7.07. The van der Waals surface area contributed by atoms with E-state index >= 15 is 0 Å². The minimum Gasteiger partial charge on any atom is -0.0848 e. The predicted molar refractivity (Wildman–Crippen MR) is 52.7 cm³/mol. The van der Waals surface area contributed by atoms with Crippen LogP contribution < -0.4 is 0 Å². The van der Waals surface area contributed by atoms with Crippen LogP contribution in [-0.4, -0.2) is 8.07 Å². The molecule has 2 radical (unpaired) electrons. The van der Waals surface area contributed by atoms with Gasteiger partial charge < -0.3 is 0 Å². The molecule has 0 nitrogen and oxygen atoms in total. The fourth-order valence-electron chi connectivity index (χ4n) is 0. The highest BCUT2D eigenvalue weighted by Crippen LogP contribution is 2.04. The Labute approximate surface area is 67.4 Å². The van der Waals surface area contributed by atoms with Crippen molar-refractivity contribution in [3.8, 4) is 0 Å². The first-order chi connectivity index (χ1) is 4.47. The summed E-state index contributed by atoms with van der Waals surface area (Å²) >= 11 is 0. The highest BCUT2D eigenvalue weighted by molar-refractivity contribution is 6.76. The van der Waals surface area contributed by atoms with Crippen LogP contribution in [0.15, 0.2) is 6.08 Å². The second-order valence-corrected chi connectivity index (χ2v) is 9.08. The lowest BCUT2D eigenvalue weighted by atomic mass is 10.5. The van der Waals surface area contributed by atoms with Gasteiger partial charge in [-0.25, -0.2) is 0 Å². The van der Waals surface area contributed by atoms with Gasteiger partial charge in [0.15, 0.2) is 0 Å². The summed E-state index contributed by atoms with van der Waals surface area (Å²) in [4.78, 5) is 0. The fourth-order valence-corrected chi connectivity index (χ4v) is 0. The molecule has 0 aliphatic heterocycles. The zero-order valence-electron chi connectivity index (χ0n) is 7.78. The van der Waals surface area contributed by atoms with Crippen LogP contribution in [0.4, 0.5) is 0 Å².